The molecule has 2 unspecified atom stereocenters. The maximum Gasteiger partial charge on any atom is 0.339 e. The molecule has 0 N–H and O–H groups in total. The van der Waals surface area contributed by atoms with E-state index in [2.05, 4.69) is 113 Å². The molecule has 1 saturated heterocycles. The average molecular weight is 695 g/mol. The summed E-state index contributed by atoms with van der Waals surface area (Å²) >= 11 is 6.79. The van der Waals surface area contributed by atoms with E-state index in [0.717, 1.165) is 30.0 Å². The first-order chi connectivity index (χ1) is 12.0. The summed E-state index contributed by atoms with van der Waals surface area (Å²) in [6.45, 7) is 9.07. The van der Waals surface area contributed by atoms with Crippen molar-refractivity contribution in [3.8, 4) is 0 Å². The van der Waals surface area contributed by atoms with E-state index in [9.17, 15) is 4.79 Å². The largest absolute Gasteiger partial charge is 0.459 e. The van der Waals surface area contributed by atoms with Crippen LogP contribution in [0, 0.1) is 10.7 Å². The molecule has 1 aliphatic rings. The molecule has 0 saturated carbocycles. The predicted octanol–water partition coefficient (Wildman–Crippen LogP) is 6.48. The van der Waals surface area contributed by atoms with Crippen LogP contribution in [0.1, 0.15) is 70.2 Å². The number of rotatable bonds is 5. The molecule has 1 aliphatic heterocycles. The normalized spacial score (nSPS) is 25.9. The Balaban J connectivity index is 2.22. The van der Waals surface area contributed by atoms with Crippen LogP contribution in [0.5, 0.6) is 0 Å². The van der Waals surface area contributed by atoms with Crippen LogP contribution in [0.25, 0.3) is 0 Å². The van der Waals surface area contributed by atoms with Gasteiger partial charge < -0.3 is 4.74 Å². The minimum Gasteiger partial charge on any atom is -0.459 e. The van der Waals surface area contributed by atoms with Gasteiger partial charge >= 0.3 is 5.97 Å². The van der Waals surface area contributed by atoms with Gasteiger partial charge in [-0.25, -0.2) is 4.79 Å². The Morgan fingerprint density at radius 3 is 2.50 bits per heavy atom. The van der Waals surface area contributed by atoms with Crippen LogP contribution in [0.15, 0.2) is 12.1 Å². The standard InChI is InChI=1S/C20H28I3NO2/c1-6-7-8-20(4)12-14(11-19(2,3)24(20)5)26-18(25)15-9-13(21)10-16(22)17(15)23/h9-10,14H,6-8,11-12H2,1-5H3. The Kier molecular flexibility index (Phi) is 8.10. The molecule has 0 spiro atoms. The fourth-order valence-corrected chi connectivity index (χ4v) is 6.33. The van der Waals surface area contributed by atoms with Crippen LogP contribution in [0.4, 0.5) is 0 Å². The molecule has 1 aromatic rings. The predicted molar refractivity (Wildman–Crippen MR) is 133 cm³/mol. The third kappa shape index (κ3) is 5.25. The summed E-state index contributed by atoms with van der Waals surface area (Å²) in [6.07, 6.45) is 5.25. The monoisotopic (exact) mass is 695 g/mol. The molecule has 2 atom stereocenters. The molecule has 6 heteroatoms. The first-order valence-corrected chi connectivity index (χ1v) is 12.3. The fraction of sp³-hybridized carbons (Fsp3) is 0.650. The molecule has 146 valence electrons. The van der Waals surface area contributed by atoms with Crippen molar-refractivity contribution in [2.24, 2.45) is 0 Å². The van der Waals surface area contributed by atoms with Gasteiger partial charge in [0, 0.05) is 34.6 Å². The number of benzene rings is 1. The molecule has 26 heavy (non-hydrogen) atoms. The van der Waals surface area contributed by atoms with Crippen molar-refractivity contribution in [2.75, 3.05) is 7.05 Å². The van der Waals surface area contributed by atoms with Crippen molar-refractivity contribution in [1.82, 2.24) is 4.90 Å². The molecule has 0 bridgehead atoms. The first-order valence-electron chi connectivity index (χ1n) is 9.09. The van der Waals surface area contributed by atoms with Crippen molar-refractivity contribution in [2.45, 2.75) is 77.0 Å². The van der Waals surface area contributed by atoms with E-state index in [1.165, 1.54) is 12.8 Å². The van der Waals surface area contributed by atoms with Gasteiger partial charge in [0.2, 0.25) is 0 Å². The number of likely N-dealkylation sites (tertiary alicyclic amines) is 1. The van der Waals surface area contributed by atoms with E-state index in [0.29, 0.717) is 5.56 Å². The van der Waals surface area contributed by atoms with Gasteiger partial charge in [0.05, 0.1) is 5.56 Å². The number of esters is 1. The van der Waals surface area contributed by atoms with Crippen molar-refractivity contribution < 1.29 is 9.53 Å². The highest BCUT2D eigenvalue weighted by molar-refractivity contribution is 14.1. The highest BCUT2D eigenvalue weighted by Gasteiger charge is 2.46. The Morgan fingerprint density at radius 1 is 1.23 bits per heavy atom. The van der Waals surface area contributed by atoms with Gasteiger partial charge in [0.1, 0.15) is 6.10 Å². The van der Waals surface area contributed by atoms with Crippen molar-refractivity contribution in [3.63, 3.8) is 0 Å². The summed E-state index contributed by atoms with van der Waals surface area (Å²) in [6, 6.07) is 4.02. The number of hydrogen-bond acceptors (Lipinski definition) is 3. The van der Waals surface area contributed by atoms with E-state index in [1.807, 2.05) is 6.07 Å². The summed E-state index contributed by atoms with van der Waals surface area (Å²) in [4.78, 5) is 15.4. The van der Waals surface area contributed by atoms with Gasteiger partial charge in [-0.05, 0) is 114 Å². The van der Waals surface area contributed by atoms with Crippen molar-refractivity contribution in [3.05, 3.63) is 28.4 Å². The van der Waals surface area contributed by atoms with Crippen LogP contribution in [0.2, 0.25) is 0 Å². The third-order valence-corrected chi connectivity index (χ3v) is 9.34. The minimum atomic E-state index is -0.186. The van der Waals surface area contributed by atoms with Crippen LogP contribution in [-0.2, 0) is 4.74 Å². The van der Waals surface area contributed by atoms with Crippen LogP contribution >= 0.6 is 67.8 Å². The topological polar surface area (TPSA) is 29.5 Å². The Bertz CT molecular complexity index is 677. The van der Waals surface area contributed by atoms with E-state index in [4.69, 9.17) is 4.74 Å². The molecule has 1 heterocycles. The van der Waals surface area contributed by atoms with Gasteiger partial charge in [-0.2, -0.15) is 0 Å². The van der Waals surface area contributed by atoms with E-state index < -0.39 is 0 Å². The lowest BCUT2D eigenvalue weighted by molar-refractivity contribution is -0.0838. The molecule has 2 rings (SSSR count). The molecule has 0 radical (unpaired) electrons. The van der Waals surface area contributed by atoms with Gasteiger partial charge in [0.25, 0.3) is 0 Å². The molecular formula is C20H28I3NO2. The summed E-state index contributed by atoms with van der Waals surface area (Å²) in [5.41, 5.74) is 0.766. The summed E-state index contributed by atoms with van der Waals surface area (Å²) in [5.74, 6) is -0.186. The van der Waals surface area contributed by atoms with Crippen LogP contribution < -0.4 is 0 Å². The zero-order valence-electron chi connectivity index (χ0n) is 16.2. The lowest BCUT2D eigenvalue weighted by Crippen LogP contribution is -2.61. The van der Waals surface area contributed by atoms with Gasteiger partial charge in [0.15, 0.2) is 0 Å². The van der Waals surface area contributed by atoms with Crippen LogP contribution in [-0.4, -0.2) is 35.1 Å². The van der Waals surface area contributed by atoms with Crippen LogP contribution in [0.3, 0.4) is 0 Å². The summed E-state index contributed by atoms with van der Waals surface area (Å²) in [5, 5.41) is 0. The highest BCUT2D eigenvalue weighted by Crippen LogP contribution is 2.41. The molecular weight excluding hydrogens is 667 g/mol. The summed E-state index contributed by atoms with van der Waals surface area (Å²) in [7, 11) is 2.22. The maximum absolute atomic E-state index is 12.9. The second-order valence-corrected chi connectivity index (χ2v) is 11.6. The number of carbonyl (C=O) groups is 1. The van der Waals surface area contributed by atoms with Gasteiger partial charge in [-0.3, -0.25) is 4.90 Å². The third-order valence-electron chi connectivity index (χ3n) is 5.67. The van der Waals surface area contributed by atoms with Crippen molar-refractivity contribution >= 4 is 73.7 Å². The first kappa shape index (κ1) is 23.1. The molecule has 0 amide bonds. The molecule has 0 aliphatic carbocycles. The number of nitrogens with zero attached hydrogens (tertiary/aromatic N) is 1. The number of ether oxygens (including phenoxy) is 1. The molecule has 3 nitrogen and oxygen atoms in total. The summed E-state index contributed by atoms with van der Waals surface area (Å²) < 4.78 is 9.19. The lowest BCUT2D eigenvalue weighted by atomic mass is 9.75. The van der Waals surface area contributed by atoms with E-state index in [-0.39, 0.29) is 23.2 Å². The second-order valence-electron chi connectivity index (χ2n) is 8.16. The molecule has 1 aromatic carbocycles. The maximum atomic E-state index is 12.9. The van der Waals surface area contributed by atoms with Gasteiger partial charge in [-0.15, -0.1) is 0 Å². The number of hydrogen-bond donors (Lipinski definition) is 0. The average Bonchev–Trinajstić information content (AvgIpc) is 2.53. The second kappa shape index (κ2) is 9.11. The fourth-order valence-electron chi connectivity index (χ4n) is 3.95. The zero-order valence-corrected chi connectivity index (χ0v) is 22.6. The van der Waals surface area contributed by atoms with Crippen molar-refractivity contribution in [1.29, 1.82) is 0 Å². The molecule has 1 fully saturated rings. The Morgan fingerprint density at radius 2 is 1.88 bits per heavy atom. The Labute approximate surface area is 198 Å². The minimum absolute atomic E-state index is 0.0123. The zero-order chi connectivity index (χ0) is 19.7. The van der Waals surface area contributed by atoms with Gasteiger partial charge in [-0.1, -0.05) is 19.8 Å². The quantitative estimate of drug-likeness (QED) is 0.201. The van der Waals surface area contributed by atoms with E-state index in [1.54, 1.807) is 0 Å². The number of halogens is 3. The number of unbranched alkanes of at least 4 members (excludes halogenated alkanes) is 1. The number of carbonyl (C=O) groups excluding carboxylic acids is 1. The Hall–Kier alpha value is 0.840. The van der Waals surface area contributed by atoms with E-state index >= 15 is 0 Å². The lowest BCUT2D eigenvalue weighted by Gasteiger charge is -2.54. The SMILES string of the molecule is CCCCC1(C)CC(OC(=O)c2cc(I)cc(I)c2I)CC(C)(C)N1C. The highest BCUT2D eigenvalue weighted by atomic mass is 127. The molecule has 0 aromatic heterocycles. The smallest absolute Gasteiger partial charge is 0.339 e. The number of piperidine rings is 1.